The van der Waals surface area contributed by atoms with Gasteiger partial charge in [0, 0.05) is 24.7 Å². The van der Waals surface area contributed by atoms with E-state index in [2.05, 4.69) is 5.32 Å². The van der Waals surface area contributed by atoms with E-state index in [4.69, 9.17) is 9.47 Å². The van der Waals surface area contributed by atoms with Crippen LogP contribution in [0.3, 0.4) is 0 Å². The number of hydrogen-bond donors (Lipinski definition) is 1. The Morgan fingerprint density at radius 1 is 1.15 bits per heavy atom. The summed E-state index contributed by atoms with van der Waals surface area (Å²) >= 11 is 0. The normalized spacial score (nSPS) is 12.4. The first kappa shape index (κ1) is 26.6. The van der Waals surface area contributed by atoms with Gasteiger partial charge in [-0.1, -0.05) is 38.1 Å². The van der Waals surface area contributed by atoms with Crippen LogP contribution in [0.15, 0.2) is 42.5 Å². The van der Waals surface area contributed by atoms with Crippen LogP contribution in [0, 0.1) is 17.0 Å². The molecule has 184 valence electrons. The van der Waals surface area contributed by atoms with Crippen LogP contribution in [0.1, 0.15) is 44.7 Å². The summed E-state index contributed by atoms with van der Waals surface area (Å²) in [6.45, 7) is 7.64. The summed E-state index contributed by atoms with van der Waals surface area (Å²) in [5.41, 5.74) is 1.75. The highest BCUT2D eigenvalue weighted by molar-refractivity contribution is 5.88. The molecule has 9 nitrogen and oxygen atoms in total. The molecule has 0 spiro atoms. The average Bonchev–Trinajstić information content (AvgIpc) is 2.82. The quantitative estimate of drug-likeness (QED) is 0.370. The van der Waals surface area contributed by atoms with Gasteiger partial charge in [-0.15, -0.1) is 0 Å². The molecule has 0 bridgehead atoms. The zero-order valence-corrected chi connectivity index (χ0v) is 20.4. The Morgan fingerprint density at radius 3 is 2.44 bits per heavy atom. The molecule has 1 N–H and O–H groups in total. The number of carbonyl (C=O) groups is 2. The van der Waals surface area contributed by atoms with Gasteiger partial charge in [-0.3, -0.25) is 19.7 Å². The van der Waals surface area contributed by atoms with Gasteiger partial charge in [-0.05, 0) is 43.9 Å². The summed E-state index contributed by atoms with van der Waals surface area (Å²) in [5, 5.41) is 14.1. The number of hydrogen-bond acceptors (Lipinski definition) is 6. The minimum atomic E-state index is -0.670. The number of nitrogens with one attached hydrogen (secondary N) is 1. The molecule has 0 aliphatic carbocycles. The number of rotatable bonds is 12. The number of nitro groups is 1. The third kappa shape index (κ3) is 6.94. The Kier molecular flexibility index (Phi) is 9.85. The van der Waals surface area contributed by atoms with Crippen molar-refractivity contribution in [2.45, 2.75) is 59.2 Å². The van der Waals surface area contributed by atoms with Crippen molar-refractivity contribution >= 4 is 17.5 Å². The van der Waals surface area contributed by atoms with E-state index < -0.39 is 11.0 Å². The van der Waals surface area contributed by atoms with Crippen molar-refractivity contribution in [2.24, 2.45) is 0 Å². The summed E-state index contributed by atoms with van der Waals surface area (Å²) in [6.07, 6.45) is 1.21. The van der Waals surface area contributed by atoms with Gasteiger partial charge in [-0.2, -0.15) is 0 Å². The first-order valence-electron chi connectivity index (χ1n) is 11.3. The number of nitrogens with zero attached hydrogens (tertiary/aromatic N) is 2. The van der Waals surface area contributed by atoms with Gasteiger partial charge >= 0.3 is 5.69 Å². The largest absolute Gasteiger partial charge is 0.490 e. The second-order valence-corrected chi connectivity index (χ2v) is 8.07. The first-order chi connectivity index (χ1) is 16.2. The summed E-state index contributed by atoms with van der Waals surface area (Å²) < 4.78 is 10.7. The van der Waals surface area contributed by atoms with E-state index in [9.17, 15) is 19.7 Å². The van der Waals surface area contributed by atoms with Gasteiger partial charge in [0.1, 0.15) is 11.8 Å². The third-order valence-electron chi connectivity index (χ3n) is 5.70. The fourth-order valence-electron chi connectivity index (χ4n) is 3.46. The molecular weight excluding hydrogens is 438 g/mol. The number of amides is 2. The van der Waals surface area contributed by atoms with E-state index in [1.165, 1.54) is 30.2 Å². The summed E-state index contributed by atoms with van der Waals surface area (Å²) in [4.78, 5) is 38.4. The second kappa shape index (κ2) is 12.6. The van der Waals surface area contributed by atoms with Gasteiger partial charge in [0.25, 0.3) is 5.91 Å². The first-order valence-corrected chi connectivity index (χ1v) is 11.3. The molecule has 0 aliphatic rings. The fraction of sp³-hybridized carbons (Fsp3) is 0.440. The molecule has 2 aromatic carbocycles. The van der Waals surface area contributed by atoms with Crippen LogP contribution >= 0.6 is 0 Å². The second-order valence-electron chi connectivity index (χ2n) is 8.07. The van der Waals surface area contributed by atoms with Gasteiger partial charge in [0.2, 0.25) is 11.7 Å². The Bertz CT molecular complexity index is 1010. The van der Waals surface area contributed by atoms with Gasteiger partial charge < -0.3 is 19.7 Å². The SMILES string of the molecule is CC[C@H](C(=O)N[C@@H](C)CC)N(Cc1ccccc1C)C(=O)COc1ccc([N+](=O)[O-])c(OC)c1. The zero-order valence-electron chi connectivity index (χ0n) is 20.4. The van der Waals surface area contributed by atoms with E-state index in [1.54, 1.807) is 0 Å². The van der Waals surface area contributed by atoms with Crippen molar-refractivity contribution in [3.05, 3.63) is 63.7 Å². The monoisotopic (exact) mass is 471 g/mol. The Labute approximate surface area is 200 Å². The lowest BCUT2D eigenvalue weighted by molar-refractivity contribution is -0.385. The van der Waals surface area contributed by atoms with Crippen LogP contribution in [0.2, 0.25) is 0 Å². The number of benzene rings is 2. The Hall–Kier alpha value is -3.62. The minimum Gasteiger partial charge on any atom is -0.490 e. The van der Waals surface area contributed by atoms with Crippen molar-refractivity contribution in [3.63, 3.8) is 0 Å². The highest BCUT2D eigenvalue weighted by atomic mass is 16.6. The number of methoxy groups -OCH3 is 1. The van der Waals surface area contributed by atoms with E-state index in [-0.39, 0.29) is 48.2 Å². The molecule has 0 heterocycles. The Morgan fingerprint density at radius 2 is 1.85 bits per heavy atom. The number of ether oxygens (including phenoxy) is 2. The van der Waals surface area contributed by atoms with Crippen LogP contribution < -0.4 is 14.8 Å². The predicted molar refractivity (Wildman–Crippen MR) is 129 cm³/mol. The Balaban J connectivity index is 2.26. The van der Waals surface area contributed by atoms with Crippen LogP contribution in [-0.4, -0.2) is 47.4 Å². The molecular formula is C25H33N3O6. The lowest BCUT2D eigenvalue weighted by atomic mass is 10.1. The molecule has 2 aromatic rings. The standard InChI is InChI=1S/C25H33N3O6/c1-6-18(4)26-25(30)21(7-2)27(15-19-11-9-8-10-17(19)3)24(29)16-34-20-12-13-22(28(31)32)23(14-20)33-5/h8-14,18,21H,6-7,15-16H2,1-5H3,(H,26,30)/t18-,21+/m0/s1. The number of carbonyl (C=O) groups excluding carboxylic acids is 2. The minimum absolute atomic E-state index is 0.0132. The molecule has 0 fully saturated rings. The van der Waals surface area contributed by atoms with Gasteiger partial charge in [0.15, 0.2) is 6.61 Å². The number of aryl methyl sites for hydroxylation is 1. The average molecular weight is 472 g/mol. The maximum Gasteiger partial charge on any atom is 0.311 e. The van der Waals surface area contributed by atoms with E-state index in [0.29, 0.717) is 6.42 Å². The molecule has 2 amide bonds. The molecule has 2 atom stereocenters. The van der Waals surface area contributed by atoms with Gasteiger partial charge in [-0.25, -0.2) is 0 Å². The predicted octanol–water partition coefficient (Wildman–Crippen LogP) is 4.01. The number of nitro benzene ring substituents is 1. The molecule has 0 aliphatic heterocycles. The fourth-order valence-corrected chi connectivity index (χ4v) is 3.46. The topological polar surface area (TPSA) is 111 Å². The van der Waals surface area contributed by atoms with E-state index >= 15 is 0 Å². The maximum absolute atomic E-state index is 13.3. The van der Waals surface area contributed by atoms with Crippen molar-refractivity contribution in [1.29, 1.82) is 0 Å². The van der Waals surface area contributed by atoms with Crippen LogP contribution in [-0.2, 0) is 16.1 Å². The van der Waals surface area contributed by atoms with Crippen molar-refractivity contribution in [3.8, 4) is 11.5 Å². The molecule has 0 aromatic heterocycles. The van der Waals surface area contributed by atoms with Gasteiger partial charge in [0.05, 0.1) is 12.0 Å². The molecule has 0 radical (unpaired) electrons. The van der Waals surface area contributed by atoms with Crippen LogP contribution in [0.25, 0.3) is 0 Å². The molecule has 0 unspecified atom stereocenters. The van der Waals surface area contributed by atoms with E-state index in [0.717, 1.165) is 17.5 Å². The smallest absolute Gasteiger partial charge is 0.311 e. The lowest BCUT2D eigenvalue weighted by Crippen LogP contribution is -2.51. The summed E-state index contributed by atoms with van der Waals surface area (Å²) in [5.74, 6) is -0.294. The van der Waals surface area contributed by atoms with Crippen LogP contribution in [0.4, 0.5) is 5.69 Å². The third-order valence-corrected chi connectivity index (χ3v) is 5.70. The molecule has 9 heteroatoms. The van der Waals surface area contributed by atoms with Crippen LogP contribution in [0.5, 0.6) is 11.5 Å². The van der Waals surface area contributed by atoms with Crippen molar-refractivity contribution in [2.75, 3.05) is 13.7 Å². The van der Waals surface area contributed by atoms with Crippen molar-refractivity contribution in [1.82, 2.24) is 10.2 Å². The lowest BCUT2D eigenvalue weighted by Gasteiger charge is -2.31. The highest BCUT2D eigenvalue weighted by Gasteiger charge is 2.30. The molecule has 0 saturated heterocycles. The molecule has 0 saturated carbocycles. The van der Waals surface area contributed by atoms with E-state index in [1.807, 2.05) is 52.0 Å². The summed E-state index contributed by atoms with van der Waals surface area (Å²) in [7, 11) is 1.32. The highest BCUT2D eigenvalue weighted by Crippen LogP contribution is 2.30. The maximum atomic E-state index is 13.3. The molecule has 34 heavy (non-hydrogen) atoms. The van der Waals surface area contributed by atoms with Crippen molar-refractivity contribution < 1.29 is 24.0 Å². The summed E-state index contributed by atoms with van der Waals surface area (Å²) in [6, 6.07) is 11.1. The molecule has 2 rings (SSSR count). The zero-order chi connectivity index (χ0) is 25.3.